The molecule has 1 unspecified atom stereocenters. The van der Waals surface area contributed by atoms with Crippen LogP contribution >= 0.6 is 0 Å². The van der Waals surface area contributed by atoms with Crippen LogP contribution in [0, 0.1) is 6.92 Å². The van der Waals surface area contributed by atoms with Gasteiger partial charge in [0.2, 0.25) is 0 Å². The van der Waals surface area contributed by atoms with Crippen LogP contribution in [0.3, 0.4) is 0 Å². The van der Waals surface area contributed by atoms with Gasteiger partial charge in [0.1, 0.15) is 0 Å². The van der Waals surface area contributed by atoms with Gasteiger partial charge in [0.25, 0.3) is 0 Å². The molecule has 0 spiro atoms. The van der Waals surface area contributed by atoms with Gasteiger partial charge in [-0.15, -0.1) is 0 Å². The Balaban J connectivity index is 2.49. The molecule has 1 atom stereocenters. The molecule has 1 rings (SSSR count). The number of nitrogens with one attached hydrogen (secondary N) is 1. The molecule has 1 aromatic rings. The van der Waals surface area contributed by atoms with Crippen molar-refractivity contribution < 1.29 is 4.74 Å². The first-order valence-corrected chi connectivity index (χ1v) is 6.04. The van der Waals surface area contributed by atoms with E-state index in [1.807, 2.05) is 0 Å². The first-order valence-electron chi connectivity index (χ1n) is 6.04. The topological polar surface area (TPSA) is 21.3 Å². The standard InChI is InChI=1S/C14H23NO/c1-4-15-14(9-10-16-3)11-13-7-5-12(2)6-8-13/h5-8,14-15H,4,9-11H2,1-3H3. The lowest BCUT2D eigenvalue weighted by atomic mass is 10.0. The molecular formula is C14H23NO. The largest absolute Gasteiger partial charge is 0.385 e. The monoisotopic (exact) mass is 221 g/mol. The van der Waals surface area contributed by atoms with E-state index in [9.17, 15) is 0 Å². The van der Waals surface area contributed by atoms with E-state index in [1.165, 1.54) is 11.1 Å². The molecule has 2 heteroatoms. The van der Waals surface area contributed by atoms with Crippen molar-refractivity contribution >= 4 is 0 Å². The third kappa shape index (κ3) is 4.77. The number of ether oxygens (including phenoxy) is 1. The predicted molar refractivity (Wildman–Crippen MR) is 68.8 cm³/mol. The normalized spacial score (nSPS) is 12.7. The molecule has 0 aliphatic carbocycles. The van der Waals surface area contributed by atoms with Gasteiger partial charge in [-0.1, -0.05) is 36.8 Å². The molecule has 0 aliphatic heterocycles. The lowest BCUT2D eigenvalue weighted by molar-refractivity contribution is 0.183. The number of likely N-dealkylation sites (N-methyl/N-ethyl adjacent to an activating group) is 1. The van der Waals surface area contributed by atoms with E-state index in [1.54, 1.807) is 7.11 Å². The summed E-state index contributed by atoms with van der Waals surface area (Å²) in [6.07, 6.45) is 2.15. The minimum atomic E-state index is 0.521. The van der Waals surface area contributed by atoms with E-state index in [4.69, 9.17) is 4.74 Å². The fraction of sp³-hybridized carbons (Fsp3) is 0.571. The molecule has 0 fully saturated rings. The molecule has 0 radical (unpaired) electrons. The van der Waals surface area contributed by atoms with Crippen LogP contribution in [0.2, 0.25) is 0 Å². The van der Waals surface area contributed by atoms with Crippen LogP contribution < -0.4 is 5.32 Å². The molecule has 90 valence electrons. The average molecular weight is 221 g/mol. The van der Waals surface area contributed by atoms with E-state index in [0.29, 0.717) is 6.04 Å². The van der Waals surface area contributed by atoms with Crippen molar-refractivity contribution in [2.24, 2.45) is 0 Å². The highest BCUT2D eigenvalue weighted by Crippen LogP contribution is 2.08. The van der Waals surface area contributed by atoms with Crippen molar-refractivity contribution in [3.8, 4) is 0 Å². The van der Waals surface area contributed by atoms with Gasteiger partial charge in [0.15, 0.2) is 0 Å². The fourth-order valence-corrected chi connectivity index (χ4v) is 1.83. The summed E-state index contributed by atoms with van der Waals surface area (Å²) in [7, 11) is 1.76. The zero-order valence-electron chi connectivity index (χ0n) is 10.6. The Morgan fingerprint density at radius 1 is 1.25 bits per heavy atom. The van der Waals surface area contributed by atoms with Crippen LogP contribution in [0.5, 0.6) is 0 Å². The maximum absolute atomic E-state index is 5.14. The van der Waals surface area contributed by atoms with Gasteiger partial charge in [-0.25, -0.2) is 0 Å². The molecule has 0 aliphatic rings. The lowest BCUT2D eigenvalue weighted by Gasteiger charge is -2.17. The molecule has 1 N–H and O–H groups in total. The summed E-state index contributed by atoms with van der Waals surface area (Å²) in [5.74, 6) is 0. The minimum absolute atomic E-state index is 0.521. The van der Waals surface area contributed by atoms with Gasteiger partial charge in [0.05, 0.1) is 0 Å². The second-order valence-electron chi connectivity index (χ2n) is 4.23. The summed E-state index contributed by atoms with van der Waals surface area (Å²) in [5.41, 5.74) is 2.72. The number of hydrogen-bond acceptors (Lipinski definition) is 2. The Morgan fingerprint density at radius 2 is 1.94 bits per heavy atom. The van der Waals surface area contributed by atoms with Gasteiger partial charge < -0.3 is 10.1 Å². The zero-order chi connectivity index (χ0) is 11.8. The minimum Gasteiger partial charge on any atom is -0.385 e. The van der Waals surface area contributed by atoms with E-state index < -0.39 is 0 Å². The highest BCUT2D eigenvalue weighted by atomic mass is 16.5. The number of hydrogen-bond donors (Lipinski definition) is 1. The van der Waals surface area contributed by atoms with Gasteiger partial charge in [-0.2, -0.15) is 0 Å². The van der Waals surface area contributed by atoms with Crippen LogP contribution in [0.15, 0.2) is 24.3 Å². The van der Waals surface area contributed by atoms with Crippen molar-refractivity contribution in [3.63, 3.8) is 0 Å². The third-order valence-corrected chi connectivity index (χ3v) is 2.77. The van der Waals surface area contributed by atoms with E-state index in [0.717, 1.165) is 26.0 Å². The quantitative estimate of drug-likeness (QED) is 0.764. The van der Waals surface area contributed by atoms with Crippen molar-refractivity contribution in [3.05, 3.63) is 35.4 Å². The van der Waals surface area contributed by atoms with Gasteiger partial charge in [-0.3, -0.25) is 0 Å². The number of aryl methyl sites for hydroxylation is 1. The van der Waals surface area contributed by atoms with E-state index in [-0.39, 0.29) is 0 Å². The summed E-state index contributed by atoms with van der Waals surface area (Å²) < 4.78 is 5.14. The van der Waals surface area contributed by atoms with Crippen molar-refractivity contribution in [1.82, 2.24) is 5.32 Å². The molecule has 0 aromatic heterocycles. The first-order chi connectivity index (χ1) is 7.76. The smallest absolute Gasteiger partial charge is 0.0477 e. The summed E-state index contributed by atoms with van der Waals surface area (Å²) in [6.45, 7) is 6.11. The summed E-state index contributed by atoms with van der Waals surface area (Å²) in [5, 5.41) is 3.50. The first kappa shape index (κ1) is 13.2. The molecular weight excluding hydrogens is 198 g/mol. The Hall–Kier alpha value is -0.860. The van der Waals surface area contributed by atoms with Crippen LogP contribution in [-0.4, -0.2) is 26.3 Å². The fourth-order valence-electron chi connectivity index (χ4n) is 1.83. The molecule has 1 aromatic carbocycles. The highest BCUT2D eigenvalue weighted by Gasteiger charge is 2.07. The van der Waals surface area contributed by atoms with E-state index in [2.05, 4.69) is 43.4 Å². The molecule has 0 saturated carbocycles. The predicted octanol–water partition coefficient (Wildman–Crippen LogP) is 2.55. The van der Waals surface area contributed by atoms with E-state index >= 15 is 0 Å². The second kappa shape index (κ2) is 7.42. The Kier molecular flexibility index (Phi) is 6.12. The molecule has 0 heterocycles. The summed E-state index contributed by atoms with van der Waals surface area (Å²) >= 11 is 0. The number of methoxy groups -OCH3 is 1. The second-order valence-corrected chi connectivity index (χ2v) is 4.23. The van der Waals surface area contributed by atoms with Gasteiger partial charge >= 0.3 is 0 Å². The number of benzene rings is 1. The summed E-state index contributed by atoms with van der Waals surface area (Å²) in [6, 6.07) is 9.30. The molecule has 0 bridgehead atoms. The molecule has 2 nitrogen and oxygen atoms in total. The Morgan fingerprint density at radius 3 is 2.50 bits per heavy atom. The lowest BCUT2D eigenvalue weighted by Crippen LogP contribution is -2.32. The SMILES string of the molecule is CCNC(CCOC)Cc1ccc(C)cc1. The average Bonchev–Trinajstić information content (AvgIpc) is 2.29. The van der Waals surface area contributed by atoms with Gasteiger partial charge in [0, 0.05) is 19.8 Å². The zero-order valence-corrected chi connectivity index (χ0v) is 10.6. The highest BCUT2D eigenvalue weighted by molar-refractivity contribution is 5.22. The third-order valence-electron chi connectivity index (χ3n) is 2.77. The van der Waals surface area contributed by atoms with Crippen LogP contribution in [0.4, 0.5) is 0 Å². The van der Waals surface area contributed by atoms with Crippen LogP contribution in [-0.2, 0) is 11.2 Å². The van der Waals surface area contributed by atoms with Gasteiger partial charge in [-0.05, 0) is 31.9 Å². The molecule has 0 saturated heterocycles. The van der Waals surface area contributed by atoms with Crippen molar-refractivity contribution in [1.29, 1.82) is 0 Å². The maximum atomic E-state index is 5.14. The Bertz CT molecular complexity index is 281. The Labute approximate surface area is 99.0 Å². The van der Waals surface area contributed by atoms with Crippen molar-refractivity contribution in [2.75, 3.05) is 20.3 Å². The summed E-state index contributed by atoms with van der Waals surface area (Å²) in [4.78, 5) is 0. The molecule has 16 heavy (non-hydrogen) atoms. The van der Waals surface area contributed by atoms with Crippen LogP contribution in [0.25, 0.3) is 0 Å². The van der Waals surface area contributed by atoms with Crippen molar-refractivity contribution in [2.45, 2.75) is 32.7 Å². The maximum Gasteiger partial charge on any atom is 0.0477 e. The van der Waals surface area contributed by atoms with Crippen LogP contribution in [0.1, 0.15) is 24.5 Å². The molecule has 0 amide bonds. The number of rotatable bonds is 7.